The van der Waals surface area contributed by atoms with Gasteiger partial charge in [-0.25, -0.2) is 4.98 Å². The highest BCUT2D eigenvalue weighted by Crippen LogP contribution is 2.18. The van der Waals surface area contributed by atoms with E-state index < -0.39 is 0 Å². The predicted molar refractivity (Wildman–Crippen MR) is 69.1 cm³/mol. The third-order valence-corrected chi connectivity index (χ3v) is 2.86. The zero-order chi connectivity index (χ0) is 13.1. The molecular formula is C13H17N3O2. The minimum Gasteiger partial charge on any atom is -0.375 e. The van der Waals surface area contributed by atoms with Crippen molar-refractivity contribution < 1.29 is 9.53 Å². The average molecular weight is 247 g/mol. The zero-order valence-corrected chi connectivity index (χ0v) is 10.8. The first-order valence-electron chi connectivity index (χ1n) is 5.83. The predicted octanol–water partition coefficient (Wildman–Crippen LogP) is 1.40. The van der Waals surface area contributed by atoms with Crippen molar-refractivity contribution in [1.82, 2.24) is 14.9 Å². The maximum atomic E-state index is 11.5. The van der Waals surface area contributed by atoms with Crippen LogP contribution in [0, 0.1) is 0 Å². The molecular weight excluding hydrogens is 230 g/mol. The molecule has 5 heteroatoms. The Hall–Kier alpha value is -1.88. The van der Waals surface area contributed by atoms with E-state index in [0.717, 1.165) is 16.9 Å². The van der Waals surface area contributed by atoms with E-state index in [1.54, 1.807) is 0 Å². The van der Waals surface area contributed by atoms with Gasteiger partial charge in [-0.3, -0.25) is 4.79 Å². The van der Waals surface area contributed by atoms with Crippen LogP contribution >= 0.6 is 0 Å². The molecule has 0 spiro atoms. The molecule has 5 nitrogen and oxygen atoms in total. The Kier molecular flexibility index (Phi) is 3.62. The largest absolute Gasteiger partial charge is 0.375 e. The smallest absolute Gasteiger partial charge is 0.246 e. The first-order valence-corrected chi connectivity index (χ1v) is 5.83. The van der Waals surface area contributed by atoms with Gasteiger partial charge in [-0.1, -0.05) is 12.1 Å². The van der Waals surface area contributed by atoms with Crippen molar-refractivity contribution >= 4 is 16.9 Å². The molecule has 18 heavy (non-hydrogen) atoms. The molecule has 2 rings (SSSR count). The van der Waals surface area contributed by atoms with E-state index >= 15 is 0 Å². The van der Waals surface area contributed by atoms with Crippen LogP contribution in [-0.2, 0) is 16.6 Å². The van der Waals surface area contributed by atoms with E-state index in [0.29, 0.717) is 0 Å². The van der Waals surface area contributed by atoms with Crippen LogP contribution < -0.4 is 5.32 Å². The topological polar surface area (TPSA) is 56.1 Å². The van der Waals surface area contributed by atoms with E-state index in [1.807, 2.05) is 42.8 Å². The fraction of sp³-hybridized carbons (Fsp3) is 0.385. The zero-order valence-electron chi connectivity index (χ0n) is 10.8. The molecule has 0 aliphatic heterocycles. The first kappa shape index (κ1) is 12.6. The number of imidazole rings is 1. The summed E-state index contributed by atoms with van der Waals surface area (Å²) >= 11 is 0. The number of nitrogens with one attached hydrogen (secondary N) is 1. The molecule has 1 amide bonds. The Labute approximate surface area is 106 Å². The standard InChI is InChI=1S/C13H17N3O2/c1-9(14-12(17)8-18-3)13-15-10-6-4-5-7-11(10)16(13)2/h4-7,9H,8H2,1-3H3,(H,14,17)/t9-/m0/s1. The van der Waals surface area contributed by atoms with Crippen molar-refractivity contribution in [3.05, 3.63) is 30.1 Å². The van der Waals surface area contributed by atoms with E-state index in [-0.39, 0.29) is 18.6 Å². The normalized spacial score (nSPS) is 12.6. The number of amides is 1. The van der Waals surface area contributed by atoms with Crippen LogP contribution in [0.15, 0.2) is 24.3 Å². The SMILES string of the molecule is COCC(=O)N[C@@H](C)c1nc2ccccc2n1C. The van der Waals surface area contributed by atoms with Crippen molar-refractivity contribution in [3.63, 3.8) is 0 Å². The van der Waals surface area contributed by atoms with Gasteiger partial charge in [0, 0.05) is 14.2 Å². The number of benzene rings is 1. The number of fused-ring (bicyclic) bond motifs is 1. The van der Waals surface area contributed by atoms with Crippen LogP contribution in [0.25, 0.3) is 11.0 Å². The second-order valence-electron chi connectivity index (χ2n) is 4.24. The van der Waals surface area contributed by atoms with Crippen LogP contribution in [0.4, 0.5) is 0 Å². The molecule has 1 heterocycles. The molecule has 0 saturated heterocycles. The number of carbonyl (C=O) groups excluding carboxylic acids is 1. The van der Waals surface area contributed by atoms with Crippen molar-refractivity contribution in [1.29, 1.82) is 0 Å². The van der Waals surface area contributed by atoms with Crippen LogP contribution in [0.5, 0.6) is 0 Å². The highest BCUT2D eigenvalue weighted by Gasteiger charge is 2.15. The summed E-state index contributed by atoms with van der Waals surface area (Å²) in [5, 5.41) is 2.85. The maximum Gasteiger partial charge on any atom is 0.246 e. The van der Waals surface area contributed by atoms with Gasteiger partial charge in [-0.15, -0.1) is 0 Å². The van der Waals surface area contributed by atoms with Crippen LogP contribution in [0.3, 0.4) is 0 Å². The molecule has 0 bridgehead atoms. The lowest BCUT2D eigenvalue weighted by molar-refractivity contribution is -0.125. The number of carbonyl (C=O) groups is 1. The summed E-state index contributed by atoms with van der Waals surface area (Å²) in [6.45, 7) is 1.98. The molecule has 0 aliphatic rings. The van der Waals surface area contributed by atoms with Gasteiger partial charge in [0.25, 0.3) is 0 Å². The van der Waals surface area contributed by atoms with Crippen molar-refractivity contribution in [2.24, 2.45) is 7.05 Å². The van der Waals surface area contributed by atoms with Gasteiger partial charge in [0.15, 0.2) is 0 Å². The third kappa shape index (κ3) is 2.36. The van der Waals surface area contributed by atoms with Gasteiger partial charge in [0.2, 0.25) is 5.91 Å². The van der Waals surface area contributed by atoms with E-state index in [4.69, 9.17) is 4.74 Å². The second-order valence-corrected chi connectivity index (χ2v) is 4.24. The first-order chi connectivity index (χ1) is 8.63. The van der Waals surface area contributed by atoms with Gasteiger partial charge in [-0.2, -0.15) is 0 Å². The molecule has 1 atom stereocenters. The molecule has 96 valence electrons. The lowest BCUT2D eigenvalue weighted by Gasteiger charge is -2.13. The molecule has 0 aliphatic carbocycles. The third-order valence-electron chi connectivity index (χ3n) is 2.86. The number of hydrogen-bond acceptors (Lipinski definition) is 3. The number of methoxy groups -OCH3 is 1. The summed E-state index contributed by atoms with van der Waals surface area (Å²) in [6.07, 6.45) is 0. The maximum absolute atomic E-state index is 11.5. The molecule has 0 unspecified atom stereocenters. The molecule has 0 fully saturated rings. The minimum absolute atomic E-state index is 0.0638. The molecule has 1 N–H and O–H groups in total. The fourth-order valence-electron chi connectivity index (χ4n) is 2.03. The second kappa shape index (κ2) is 5.18. The number of para-hydroxylation sites is 2. The van der Waals surface area contributed by atoms with Gasteiger partial charge < -0.3 is 14.6 Å². The van der Waals surface area contributed by atoms with Crippen LogP contribution in [-0.4, -0.2) is 29.2 Å². The average Bonchev–Trinajstić information content (AvgIpc) is 2.68. The van der Waals surface area contributed by atoms with E-state index in [2.05, 4.69) is 10.3 Å². The summed E-state index contributed by atoms with van der Waals surface area (Å²) in [5.41, 5.74) is 1.99. The lowest BCUT2D eigenvalue weighted by atomic mass is 10.3. The Morgan fingerprint density at radius 3 is 2.89 bits per heavy atom. The summed E-state index contributed by atoms with van der Waals surface area (Å²) in [6, 6.07) is 7.75. The number of rotatable bonds is 4. The Morgan fingerprint density at radius 2 is 2.22 bits per heavy atom. The summed E-state index contributed by atoms with van der Waals surface area (Å²) in [7, 11) is 3.45. The Morgan fingerprint density at radius 1 is 1.50 bits per heavy atom. The van der Waals surface area contributed by atoms with Gasteiger partial charge >= 0.3 is 0 Å². The quantitative estimate of drug-likeness (QED) is 0.888. The molecule has 0 saturated carbocycles. The Balaban J connectivity index is 2.25. The number of hydrogen-bond donors (Lipinski definition) is 1. The molecule has 2 aromatic rings. The number of nitrogens with zero attached hydrogens (tertiary/aromatic N) is 2. The fourth-order valence-corrected chi connectivity index (χ4v) is 2.03. The van der Waals surface area contributed by atoms with Gasteiger partial charge in [0.05, 0.1) is 17.1 Å². The highest BCUT2D eigenvalue weighted by molar-refractivity contribution is 5.78. The van der Waals surface area contributed by atoms with Gasteiger partial charge in [0.1, 0.15) is 12.4 Å². The number of aryl methyl sites for hydroxylation is 1. The highest BCUT2D eigenvalue weighted by atomic mass is 16.5. The molecule has 1 aromatic heterocycles. The van der Waals surface area contributed by atoms with Gasteiger partial charge in [-0.05, 0) is 19.1 Å². The summed E-state index contributed by atoms with van der Waals surface area (Å²) in [4.78, 5) is 16.0. The van der Waals surface area contributed by atoms with E-state index in [9.17, 15) is 4.79 Å². The molecule has 1 aromatic carbocycles. The monoisotopic (exact) mass is 247 g/mol. The van der Waals surface area contributed by atoms with Crippen LogP contribution in [0.1, 0.15) is 18.8 Å². The molecule has 0 radical (unpaired) electrons. The summed E-state index contributed by atoms with van der Waals surface area (Å²) < 4.78 is 6.78. The Bertz CT molecular complexity index is 562. The van der Waals surface area contributed by atoms with Crippen molar-refractivity contribution in [3.8, 4) is 0 Å². The number of aromatic nitrogens is 2. The lowest BCUT2D eigenvalue weighted by Crippen LogP contribution is -2.31. The number of ether oxygens (including phenoxy) is 1. The van der Waals surface area contributed by atoms with Crippen molar-refractivity contribution in [2.75, 3.05) is 13.7 Å². The minimum atomic E-state index is -0.148. The van der Waals surface area contributed by atoms with Crippen molar-refractivity contribution in [2.45, 2.75) is 13.0 Å². The summed E-state index contributed by atoms with van der Waals surface area (Å²) in [5.74, 6) is 0.692. The van der Waals surface area contributed by atoms with E-state index in [1.165, 1.54) is 7.11 Å². The van der Waals surface area contributed by atoms with Crippen LogP contribution in [0.2, 0.25) is 0 Å².